The average molecular weight is 167 g/mol. The van der Waals surface area contributed by atoms with Crippen LogP contribution in [0.4, 0.5) is 0 Å². The van der Waals surface area contributed by atoms with Gasteiger partial charge in [-0.3, -0.25) is 4.90 Å². The molecule has 0 spiro atoms. The van der Waals surface area contributed by atoms with Crippen molar-refractivity contribution in [2.24, 2.45) is 17.3 Å². The molecule has 0 radical (unpaired) electrons. The smallest absolute Gasteiger partial charge is 0.112 e. The SMILES string of the molecule is CC12CC3CC(CN(C3)C1O)C2. The standard InChI is InChI=1S/C10H17NO/c1-10-3-7-2-8(4-10)6-11(5-7)9(10)12/h7-9,12H,2-6H2,1H3. The van der Waals surface area contributed by atoms with Crippen molar-refractivity contribution in [3.8, 4) is 0 Å². The highest BCUT2D eigenvalue weighted by Gasteiger charge is 2.53. The third-order valence-corrected chi connectivity index (χ3v) is 4.13. The quantitative estimate of drug-likeness (QED) is 0.583. The van der Waals surface area contributed by atoms with E-state index in [1.807, 2.05) is 0 Å². The van der Waals surface area contributed by atoms with Gasteiger partial charge in [0.1, 0.15) is 6.23 Å². The number of aliphatic hydroxyl groups is 1. The molecule has 68 valence electrons. The summed E-state index contributed by atoms with van der Waals surface area (Å²) in [6, 6.07) is 0. The molecule has 1 N–H and O–H groups in total. The van der Waals surface area contributed by atoms with Crippen molar-refractivity contribution in [2.75, 3.05) is 13.1 Å². The third-order valence-electron chi connectivity index (χ3n) is 4.13. The maximum atomic E-state index is 10.0. The van der Waals surface area contributed by atoms with E-state index in [0.29, 0.717) is 0 Å². The molecule has 2 nitrogen and oxygen atoms in total. The van der Waals surface area contributed by atoms with E-state index in [2.05, 4.69) is 11.8 Å². The van der Waals surface area contributed by atoms with E-state index >= 15 is 0 Å². The Morgan fingerprint density at radius 2 is 1.83 bits per heavy atom. The number of hydrogen-bond acceptors (Lipinski definition) is 2. The molecule has 0 aromatic rings. The van der Waals surface area contributed by atoms with Crippen LogP contribution in [0, 0.1) is 17.3 Å². The first-order valence-corrected chi connectivity index (χ1v) is 5.09. The fourth-order valence-electron chi connectivity index (χ4n) is 3.91. The van der Waals surface area contributed by atoms with Crippen LogP contribution in [0.1, 0.15) is 26.2 Å². The van der Waals surface area contributed by atoms with Gasteiger partial charge in [-0.2, -0.15) is 0 Å². The van der Waals surface area contributed by atoms with Gasteiger partial charge in [0.2, 0.25) is 0 Å². The van der Waals surface area contributed by atoms with E-state index in [4.69, 9.17) is 0 Å². The Labute approximate surface area is 73.6 Å². The summed E-state index contributed by atoms with van der Waals surface area (Å²) in [6.07, 6.45) is 3.83. The molecule has 4 fully saturated rings. The molecule has 1 saturated carbocycles. The summed E-state index contributed by atoms with van der Waals surface area (Å²) >= 11 is 0. The highest BCUT2D eigenvalue weighted by Crippen LogP contribution is 2.53. The molecule has 3 heterocycles. The number of rotatable bonds is 0. The van der Waals surface area contributed by atoms with Gasteiger partial charge in [0.15, 0.2) is 0 Å². The Morgan fingerprint density at radius 3 is 2.33 bits per heavy atom. The number of aliphatic hydroxyl groups excluding tert-OH is 1. The molecule has 0 aromatic carbocycles. The van der Waals surface area contributed by atoms with Crippen LogP contribution in [-0.4, -0.2) is 29.3 Å². The number of nitrogens with zero attached hydrogens (tertiary/aromatic N) is 1. The zero-order valence-electron chi connectivity index (χ0n) is 7.66. The van der Waals surface area contributed by atoms with Crippen molar-refractivity contribution in [2.45, 2.75) is 32.4 Å². The predicted octanol–water partition coefficient (Wildman–Crippen LogP) is 1.06. The highest BCUT2D eigenvalue weighted by molar-refractivity contribution is 5.02. The van der Waals surface area contributed by atoms with Crippen molar-refractivity contribution in [3.63, 3.8) is 0 Å². The molecular formula is C10H17NO. The van der Waals surface area contributed by atoms with Crippen LogP contribution in [0.15, 0.2) is 0 Å². The molecule has 3 atom stereocenters. The van der Waals surface area contributed by atoms with Crippen molar-refractivity contribution in [1.82, 2.24) is 4.90 Å². The molecule has 3 aliphatic heterocycles. The fraction of sp³-hybridized carbons (Fsp3) is 1.00. The normalized spacial score (nSPS) is 62.5. The maximum Gasteiger partial charge on any atom is 0.112 e. The average Bonchev–Trinajstić information content (AvgIpc) is 1.98. The second-order valence-corrected chi connectivity index (χ2v) is 5.36. The number of piperidine rings is 3. The van der Waals surface area contributed by atoms with Gasteiger partial charge < -0.3 is 5.11 Å². The fourth-order valence-corrected chi connectivity index (χ4v) is 3.91. The largest absolute Gasteiger partial charge is 0.378 e. The lowest BCUT2D eigenvalue weighted by molar-refractivity contribution is -0.201. The van der Waals surface area contributed by atoms with E-state index in [1.54, 1.807) is 0 Å². The zero-order chi connectivity index (χ0) is 8.34. The lowest BCUT2D eigenvalue weighted by Crippen LogP contribution is -2.63. The second-order valence-electron chi connectivity index (χ2n) is 5.36. The van der Waals surface area contributed by atoms with Crippen LogP contribution in [0.25, 0.3) is 0 Å². The minimum Gasteiger partial charge on any atom is -0.378 e. The molecule has 4 bridgehead atoms. The molecule has 12 heavy (non-hydrogen) atoms. The van der Waals surface area contributed by atoms with Crippen LogP contribution in [0.2, 0.25) is 0 Å². The van der Waals surface area contributed by atoms with E-state index in [1.165, 1.54) is 19.3 Å². The van der Waals surface area contributed by atoms with Gasteiger partial charge in [-0.25, -0.2) is 0 Å². The van der Waals surface area contributed by atoms with Crippen LogP contribution in [-0.2, 0) is 0 Å². The summed E-state index contributed by atoms with van der Waals surface area (Å²) in [5.74, 6) is 1.79. The minimum atomic E-state index is -0.134. The molecule has 4 rings (SSSR count). The Bertz CT molecular complexity index is 202. The molecular weight excluding hydrogens is 150 g/mol. The van der Waals surface area contributed by atoms with E-state index in [9.17, 15) is 5.11 Å². The third kappa shape index (κ3) is 0.775. The van der Waals surface area contributed by atoms with Gasteiger partial charge in [0.25, 0.3) is 0 Å². The van der Waals surface area contributed by atoms with Crippen LogP contribution in [0.5, 0.6) is 0 Å². The second kappa shape index (κ2) is 2.05. The van der Waals surface area contributed by atoms with Gasteiger partial charge >= 0.3 is 0 Å². The predicted molar refractivity (Wildman–Crippen MR) is 46.5 cm³/mol. The van der Waals surface area contributed by atoms with Crippen LogP contribution in [0.3, 0.4) is 0 Å². The monoisotopic (exact) mass is 167 g/mol. The number of hydrogen-bond donors (Lipinski definition) is 1. The Balaban J connectivity index is 1.97. The lowest BCUT2D eigenvalue weighted by atomic mass is 9.59. The first-order valence-electron chi connectivity index (χ1n) is 5.09. The minimum absolute atomic E-state index is 0.134. The van der Waals surface area contributed by atoms with Crippen molar-refractivity contribution in [1.29, 1.82) is 0 Å². The summed E-state index contributed by atoms with van der Waals surface area (Å²) in [4.78, 5) is 2.30. The van der Waals surface area contributed by atoms with Gasteiger partial charge in [-0.1, -0.05) is 6.92 Å². The van der Waals surface area contributed by atoms with E-state index in [-0.39, 0.29) is 11.6 Å². The van der Waals surface area contributed by atoms with Crippen molar-refractivity contribution >= 4 is 0 Å². The molecule has 1 aliphatic carbocycles. The first kappa shape index (κ1) is 7.34. The Hall–Kier alpha value is -0.0800. The van der Waals surface area contributed by atoms with Crippen LogP contribution >= 0.6 is 0 Å². The van der Waals surface area contributed by atoms with Crippen molar-refractivity contribution in [3.05, 3.63) is 0 Å². The molecule has 3 saturated heterocycles. The summed E-state index contributed by atoms with van der Waals surface area (Å²) < 4.78 is 0. The topological polar surface area (TPSA) is 23.5 Å². The molecule has 0 aromatic heterocycles. The Morgan fingerprint density at radius 1 is 1.25 bits per heavy atom. The molecule has 3 unspecified atom stereocenters. The molecule has 4 aliphatic rings. The van der Waals surface area contributed by atoms with E-state index < -0.39 is 0 Å². The van der Waals surface area contributed by atoms with Gasteiger partial charge in [0, 0.05) is 18.5 Å². The maximum absolute atomic E-state index is 10.0. The van der Waals surface area contributed by atoms with Gasteiger partial charge in [-0.15, -0.1) is 0 Å². The summed E-state index contributed by atoms with van der Waals surface area (Å²) in [5.41, 5.74) is 0.240. The highest BCUT2D eigenvalue weighted by atomic mass is 16.3. The van der Waals surface area contributed by atoms with E-state index in [0.717, 1.165) is 24.9 Å². The molecule has 2 heteroatoms. The Kier molecular flexibility index (Phi) is 1.25. The van der Waals surface area contributed by atoms with Crippen molar-refractivity contribution < 1.29 is 5.11 Å². The summed E-state index contributed by atoms with van der Waals surface area (Å²) in [6.45, 7) is 4.59. The van der Waals surface area contributed by atoms with Crippen LogP contribution < -0.4 is 0 Å². The zero-order valence-corrected chi connectivity index (χ0v) is 7.66. The van der Waals surface area contributed by atoms with Gasteiger partial charge in [-0.05, 0) is 31.1 Å². The summed E-state index contributed by atoms with van der Waals surface area (Å²) in [5, 5.41) is 10.0. The first-order chi connectivity index (χ1) is 5.67. The molecule has 0 amide bonds. The summed E-state index contributed by atoms with van der Waals surface area (Å²) in [7, 11) is 0. The lowest BCUT2D eigenvalue weighted by Gasteiger charge is -2.59. The van der Waals surface area contributed by atoms with Gasteiger partial charge in [0.05, 0.1) is 0 Å².